The van der Waals surface area contributed by atoms with Crippen molar-refractivity contribution in [2.45, 2.75) is 79.6 Å². The first-order chi connectivity index (χ1) is 9.42. The summed E-state index contributed by atoms with van der Waals surface area (Å²) in [5.41, 5.74) is 2.65. The van der Waals surface area contributed by atoms with Gasteiger partial charge in [-0.3, -0.25) is 0 Å². The molecule has 21 heavy (non-hydrogen) atoms. The summed E-state index contributed by atoms with van der Waals surface area (Å²) in [6.07, 6.45) is 8.94. The Balaban J connectivity index is 5.24. The predicted molar refractivity (Wildman–Crippen MR) is 99.2 cm³/mol. The Hall–Kier alpha value is -0.603. The number of allylic oxidation sites excluding steroid dienone is 4. The topological polar surface area (TPSA) is 9.23 Å². The van der Waals surface area contributed by atoms with Gasteiger partial charge in [-0.05, 0) is 51.4 Å². The van der Waals surface area contributed by atoms with Crippen LogP contribution in [0.4, 0.5) is 0 Å². The average molecular weight is 309 g/mol. The minimum atomic E-state index is -1.76. The first-order valence-corrected chi connectivity index (χ1v) is 11.0. The van der Waals surface area contributed by atoms with Gasteiger partial charge in [0.15, 0.2) is 8.32 Å². The highest BCUT2D eigenvalue weighted by molar-refractivity contribution is 6.74. The third-order valence-electron chi connectivity index (χ3n) is 4.45. The van der Waals surface area contributed by atoms with Crippen LogP contribution in [0.5, 0.6) is 0 Å². The van der Waals surface area contributed by atoms with E-state index in [1.54, 1.807) is 0 Å². The van der Waals surface area contributed by atoms with E-state index < -0.39 is 8.32 Å². The molecule has 122 valence electrons. The molecule has 0 fully saturated rings. The van der Waals surface area contributed by atoms with Gasteiger partial charge in [-0.15, -0.1) is 0 Å². The molecule has 0 unspecified atom stereocenters. The van der Waals surface area contributed by atoms with Crippen molar-refractivity contribution in [3.05, 3.63) is 35.5 Å². The third-order valence-corrected chi connectivity index (χ3v) is 8.91. The first kappa shape index (κ1) is 20.4. The van der Waals surface area contributed by atoms with E-state index in [-0.39, 0.29) is 11.1 Å². The normalized spacial score (nSPS) is 17.0. The van der Waals surface area contributed by atoms with Crippen molar-refractivity contribution < 1.29 is 4.43 Å². The second-order valence-corrected chi connectivity index (χ2v) is 12.6. The molecule has 0 saturated heterocycles. The molecule has 0 aliphatic rings. The standard InChI is InChI=1S/C19H36OSi/c1-11-16(4)18(17(5)14-12-13-15(2)3)20-21(9,10)19(6,7)8/h11-14,17-18H,1-10H3/b14-12+,16-11+/t17-,18+/m0/s1. The van der Waals surface area contributed by atoms with Crippen molar-refractivity contribution in [1.82, 2.24) is 0 Å². The maximum Gasteiger partial charge on any atom is 0.192 e. The van der Waals surface area contributed by atoms with Crippen molar-refractivity contribution in [3.63, 3.8) is 0 Å². The van der Waals surface area contributed by atoms with Crippen molar-refractivity contribution >= 4 is 8.32 Å². The maximum atomic E-state index is 6.67. The van der Waals surface area contributed by atoms with Crippen LogP contribution in [-0.4, -0.2) is 14.4 Å². The molecule has 0 heterocycles. The van der Waals surface area contributed by atoms with Gasteiger partial charge in [-0.25, -0.2) is 0 Å². The SMILES string of the molecule is C/C=C(\C)[C@@H](O[Si](C)(C)C(C)(C)C)[C@@H](C)/C=C/C=C(C)C. The second-order valence-electron chi connectivity index (χ2n) is 7.82. The van der Waals surface area contributed by atoms with Gasteiger partial charge in [0, 0.05) is 5.92 Å². The molecule has 0 aromatic heterocycles. The van der Waals surface area contributed by atoms with E-state index in [0.717, 1.165) is 0 Å². The smallest absolute Gasteiger partial charge is 0.192 e. The Kier molecular flexibility index (Phi) is 7.91. The number of hydrogen-bond donors (Lipinski definition) is 0. The van der Waals surface area contributed by atoms with E-state index in [1.807, 2.05) is 0 Å². The number of rotatable bonds is 6. The molecule has 0 saturated carbocycles. The minimum absolute atomic E-state index is 0.178. The zero-order chi connectivity index (χ0) is 16.8. The van der Waals surface area contributed by atoms with Crippen LogP contribution in [0.1, 0.15) is 55.4 Å². The fraction of sp³-hybridized carbons (Fsp3) is 0.684. The van der Waals surface area contributed by atoms with E-state index in [0.29, 0.717) is 5.92 Å². The highest BCUT2D eigenvalue weighted by atomic mass is 28.4. The van der Waals surface area contributed by atoms with Crippen LogP contribution in [0.25, 0.3) is 0 Å². The van der Waals surface area contributed by atoms with Gasteiger partial charge < -0.3 is 4.43 Å². The Morgan fingerprint density at radius 1 is 1.10 bits per heavy atom. The van der Waals surface area contributed by atoms with Gasteiger partial charge in [-0.2, -0.15) is 0 Å². The predicted octanol–water partition coefficient (Wildman–Crippen LogP) is 6.50. The van der Waals surface area contributed by atoms with Gasteiger partial charge in [0.1, 0.15) is 0 Å². The van der Waals surface area contributed by atoms with E-state index in [9.17, 15) is 0 Å². The molecule has 0 aromatic carbocycles. The Bertz CT molecular complexity index is 404. The Labute approximate surface area is 134 Å². The van der Waals surface area contributed by atoms with Crippen molar-refractivity contribution in [1.29, 1.82) is 0 Å². The van der Waals surface area contributed by atoms with Crippen LogP contribution in [0, 0.1) is 5.92 Å². The van der Waals surface area contributed by atoms with Crippen LogP contribution in [-0.2, 0) is 4.43 Å². The fourth-order valence-corrected chi connectivity index (χ4v) is 3.19. The lowest BCUT2D eigenvalue weighted by Gasteiger charge is -2.41. The van der Waals surface area contributed by atoms with E-state index in [1.165, 1.54) is 11.1 Å². The molecule has 0 bridgehead atoms. The maximum absolute atomic E-state index is 6.67. The molecule has 0 spiro atoms. The summed E-state index contributed by atoms with van der Waals surface area (Å²) in [6.45, 7) is 22.3. The lowest BCUT2D eigenvalue weighted by molar-refractivity contribution is 0.178. The zero-order valence-electron chi connectivity index (χ0n) is 15.9. The largest absolute Gasteiger partial charge is 0.410 e. The average Bonchev–Trinajstić information content (AvgIpc) is 2.33. The van der Waals surface area contributed by atoms with Crippen molar-refractivity contribution in [2.75, 3.05) is 0 Å². The van der Waals surface area contributed by atoms with E-state index in [4.69, 9.17) is 4.43 Å². The first-order valence-electron chi connectivity index (χ1n) is 8.04. The van der Waals surface area contributed by atoms with Crippen LogP contribution in [0.15, 0.2) is 35.5 Å². The lowest BCUT2D eigenvalue weighted by atomic mass is 9.98. The molecule has 0 N–H and O–H groups in total. The van der Waals surface area contributed by atoms with Crippen molar-refractivity contribution in [2.24, 2.45) is 5.92 Å². The quantitative estimate of drug-likeness (QED) is 0.309. The van der Waals surface area contributed by atoms with E-state index in [2.05, 4.69) is 92.8 Å². The van der Waals surface area contributed by atoms with Crippen LogP contribution in [0.2, 0.25) is 18.1 Å². The van der Waals surface area contributed by atoms with Gasteiger partial charge >= 0.3 is 0 Å². The monoisotopic (exact) mass is 308 g/mol. The summed E-state index contributed by atoms with van der Waals surface area (Å²) >= 11 is 0. The van der Waals surface area contributed by atoms with Gasteiger partial charge in [-0.1, -0.05) is 57.6 Å². The summed E-state index contributed by atoms with van der Waals surface area (Å²) in [6, 6.07) is 0. The molecule has 0 radical (unpaired) electrons. The summed E-state index contributed by atoms with van der Waals surface area (Å²) in [5.74, 6) is 0.380. The second kappa shape index (κ2) is 8.14. The molecular formula is C19H36OSi. The summed E-state index contributed by atoms with van der Waals surface area (Å²) in [4.78, 5) is 0. The molecule has 1 nitrogen and oxygen atoms in total. The Morgan fingerprint density at radius 2 is 1.62 bits per heavy atom. The molecule has 2 heteroatoms. The van der Waals surface area contributed by atoms with Gasteiger partial charge in [0.05, 0.1) is 6.10 Å². The van der Waals surface area contributed by atoms with Crippen LogP contribution >= 0.6 is 0 Å². The molecule has 0 rings (SSSR count). The molecule has 0 amide bonds. The number of hydrogen-bond acceptors (Lipinski definition) is 1. The van der Waals surface area contributed by atoms with Crippen LogP contribution in [0.3, 0.4) is 0 Å². The minimum Gasteiger partial charge on any atom is -0.410 e. The van der Waals surface area contributed by atoms with Crippen LogP contribution < -0.4 is 0 Å². The summed E-state index contributed by atoms with van der Waals surface area (Å²) in [5, 5.41) is 0.239. The van der Waals surface area contributed by atoms with E-state index >= 15 is 0 Å². The molecular weight excluding hydrogens is 272 g/mol. The summed E-state index contributed by atoms with van der Waals surface area (Å²) in [7, 11) is -1.76. The summed E-state index contributed by atoms with van der Waals surface area (Å²) < 4.78 is 6.67. The molecule has 2 atom stereocenters. The third kappa shape index (κ3) is 6.79. The molecule has 0 aliphatic heterocycles. The molecule has 0 aliphatic carbocycles. The van der Waals surface area contributed by atoms with Crippen molar-refractivity contribution in [3.8, 4) is 0 Å². The lowest BCUT2D eigenvalue weighted by Crippen LogP contribution is -2.45. The van der Waals surface area contributed by atoms with Gasteiger partial charge in [0.2, 0.25) is 0 Å². The highest BCUT2D eigenvalue weighted by Crippen LogP contribution is 2.39. The fourth-order valence-electron chi connectivity index (χ4n) is 1.80. The Morgan fingerprint density at radius 3 is 2.00 bits per heavy atom. The molecule has 0 aromatic rings. The highest BCUT2D eigenvalue weighted by Gasteiger charge is 2.40. The zero-order valence-corrected chi connectivity index (χ0v) is 16.9. The van der Waals surface area contributed by atoms with Gasteiger partial charge in [0.25, 0.3) is 0 Å².